The smallest absolute Gasteiger partial charge is 0.0900 e. The fourth-order valence-electron chi connectivity index (χ4n) is 1.79. The normalized spacial score (nSPS) is 22.6. The lowest BCUT2D eigenvalue weighted by atomic mass is 9.89. The minimum Gasteiger partial charge on any atom is -0.251 e. The standard InChI is InChI=1S/C10H18F/c11-9-8-10-6-4-2-1-3-5-7-10/h1-9H2. The molecule has 0 aromatic heterocycles. The second-order valence-electron chi connectivity index (χ2n) is 3.46. The van der Waals surface area contributed by atoms with Crippen molar-refractivity contribution in [2.75, 3.05) is 6.67 Å². The molecule has 1 aliphatic rings. The summed E-state index contributed by atoms with van der Waals surface area (Å²) in [5.41, 5.74) is 0. The molecule has 0 saturated heterocycles. The summed E-state index contributed by atoms with van der Waals surface area (Å²) in [6.07, 6.45) is 9.84. The van der Waals surface area contributed by atoms with Crippen molar-refractivity contribution in [1.29, 1.82) is 0 Å². The summed E-state index contributed by atoms with van der Waals surface area (Å²) in [7, 11) is 0. The van der Waals surface area contributed by atoms with Gasteiger partial charge in [-0.3, -0.25) is 4.39 Å². The van der Waals surface area contributed by atoms with Gasteiger partial charge in [0.05, 0.1) is 6.67 Å². The molecule has 0 spiro atoms. The first-order chi connectivity index (χ1) is 5.43. The molecule has 0 bridgehead atoms. The van der Waals surface area contributed by atoms with Gasteiger partial charge in [-0.15, -0.1) is 0 Å². The predicted molar refractivity (Wildman–Crippen MR) is 46.2 cm³/mol. The van der Waals surface area contributed by atoms with Crippen LogP contribution < -0.4 is 0 Å². The molecule has 0 atom stereocenters. The molecule has 0 heterocycles. The first-order valence-electron chi connectivity index (χ1n) is 4.83. The van der Waals surface area contributed by atoms with Crippen molar-refractivity contribution in [3.63, 3.8) is 0 Å². The van der Waals surface area contributed by atoms with E-state index in [-0.39, 0.29) is 6.67 Å². The molecule has 65 valence electrons. The summed E-state index contributed by atoms with van der Waals surface area (Å²) in [6, 6.07) is 0. The fourth-order valence-corrected chi connectivity index (χ4v) is 1.79. The number of rotatable bonds is 2. The summed E-state index contributed by atoms with van der Waals surface area (Å²) >= 11 is 0. The number of hydrogen-bond donors (Lipinski definition) is 0. The molecular weight excluding hydrogens is 139 g/mol. The minimum atomic E-state index is -0.144. The quantitative estimate of drug-likeness (QED) is 0.573. The van der Waals surface area contributed by atoms with Gasteiger partial charge in [0.1, 0.15) is 0 Å². The average Bonchev–Trinajstić information content (AvgIpc) is 1.94. The molecule has 0 aromatic rings. The number of halogens is 1. The van der Waals surface area contributed by atoms with Crippen LogP contribution in [0.4, 0.5) is 4.39 Å². The summed E-state index contributed by atoms with van der Waals surface area (Å²) in [5, 5.41) is 0. The molecule has 0 unspecified atom stereocenters. The molecule has 0 N–H and O–H groups in total. The zero-order valence-corrected chi connectivity index (χ0v) is 7.24. The molecule has 11 heavy (non-hydrogen) atoms. The zero-order chi connectivity index (χ0) is 7.94. The average molecular weight is 157 g/mol. The van der Waals surface area contributed by atoms with E-state index in [9.17, 15) is 4.39 Å². The Morgan fingerprint density at radius 3 is 2.00 bits per heavy atom. The van der Waals surface area contributed by atoms with Gasteiger partial charge in [0.25, 0.3) is 0 Å². The lowest BCUT2D eigenvalue weighted by molar-refractivity contribution is 0.435. The molecular formula is C10H18F. The first-order valence-corrected chi connectivity index (χ1v) is 4.83. The maximum atomic E-state index is 12.0. The van der Waals surface area contributed by atoms with Gasteiger partial charge in [0.2, 0.25) is 0 Å². The third kappa shape index (κ3) is 3.74. The summed E-state index contributed by atoms with van der Waals surface area (Å²) in [5.74, 6) is 1.48. The van der Waals surface area contributed by atoms with Crippen molar-refractivity contribution in [1.82, 2.24) is 0 Å². The van der Waals surface area contributed by atoms with E-state index in [4.69, 9.17) is 0 Å². The molecule has 0 aromatic carbocycles. The fraction of sp³-hybridized carbons (Fsp3) is 0.900. The van der Waals surface area contributed by atoms with Crippen molar-refractivity contribution < 1.29 is 4.39 Å². The van der Waals surface area contributed by atoms with Crippen LogP contribution in [-0.2, 0) is 0 Å². The third-order valence-electron chi connectivity index (χ3n) is 2.51. The molecule has 1 saturated carbocycles. The Bertz CT molecular complexity index is 82.9. The van der Waals surface area contributed by atoms with Gasteiger partial charge in [-0.2, -0.15) is 0 Å². The second kappa shape index (κ2) is 5.56. The molecule has 0 amide bonds. The maximum absolute atomic E-state index is 12.0. The molecule has 0 nitrogen and oxygen atoms in total. The van der Waals surface area contributed by atoms with Crippen molar-refractivity contribution in [3.05, 3.63) is 5.92 Å². The van der Waals surface area contributed by atoms with Crippen LogP contribution in [0.3, 0.4) is 0 Å². The van der Waals surface area contributed by atoms with Gasteiger partial charge in [0, 0.05) is 0 Å². The Morgan fingerprint density at radius 1 is 0.909 bits per heavy atom. The van der Waals surface area contributed by atoms with E-state index in [0.29, 0.717) is 0 Å². The molecule has 0 aliphatic heterocycles. The lowest BCUT2D eigenvalue weighted by Crippen LogP contribution is -2.02. The number of alkyl halides is 1. The third-order valence-corrected chi connectivity index (χ3v) is 2.51. The van der Waals surface area contributed by atoms with Gasteiger partial charge in [0.15, 0.2) is 0 Å². The highest BCUT2D eigenvalue weighted by atomic mass is 19.1. The highest BCUT2D eigenvalue weighted by Crippen LogP contribution is 2.26. The van der Waals surface area contributed by atoms with Crippen molar-refractivity contribution >= 4 is 0 Å². The summed E-state index contributed by atoms with van der Waals surface area (Å²) in [4.78, 5) is 0. The topological polar surface area (TPSA) is 0 Å². The van der Waals surface area contributed by atoms with Gasteiger partial charge in [-0.25, -0.2) is 0 Å². The van der Waals surface area contributed by atoms with Crippen LogP contribution in [-0.4, -0.2) is 6.67 Å². The van der Waals surface area contributed by atoms with E-state index in [0.717, 1.165) is 6.42 Å². The first kappa shape index (κ1) is 9.02. The van der Waals surface area contributed by atoms with Gasteiger partial charge >= 0.3 is 0 Å². The van der Waals surface area contributed by atoms with Crippen LogP contribution >= 0.6 is 0 Å². The maximum Gasteiger partial charge on any atom is 0.0900 e. The van der Waals surface area contributed by atoms with E-state index in [2.05, 4.69) is 0 Å². The van der Waals surface area contributed by atoms with E-state index < -0.39 is 0 Å². The molecule has 1 fully saturated rings. The SMILES string of the molecule is FCC[C]1CCCCCCC1. The highest BCUT2D eigenvalue weighted by Gasteiger charge is 2.10. The Kier molecular flexibility index (Phi) is 4.56. The lowest BCUT2D eigenvalue weighted by Gasteiger charge is -2.17. The minimum absolute atomic E-state index is 0.144. The molecule has 1 aliphatic carbocycles. The Hall–Kier alpha value is -0.0700. The predicted octanol–water partition coefficient (Wildman–Crippen LogP) is 3.66. The largest absolute Gasteiger partial charge is 0.251 e. The monoisotopic (exact) mass is 157 g/mol. The van der Waals surface area contributed by atoms with E-state index in [1.54, 1.807) is 0 Å². The van der Waals surface area contributed by atoms with Gasteiger partial charge < -0.3 is 0 Å². The Morgan fingerprint density at radius 2 is 1.45 bits per heavy atom. The number of hydrogen-bond acceptors (Lipinski definition) is 0. The van der Waals surface area contributed by atoms with Crippen LogP contribution in [0.5, 0.6) is 0 Å². The van der Waals surface area contributed by atoms with Gasteiger partial charge in [-0.05, 0) is 25.2 Å². The van der Waals surface area contributed by atoms with Crippen LogP contribution in [0, 0.1) is 5.92 Å². The zero-order valence-electron chi connectivity index (χ0n) is 7.24. The molecule has 1 radical (unpaired) electrons. The van der Waals surface area contributed by atoms with Crippen LogP contribution in [0.1, 0.15) is 51.4 Å². The van der Waals surface area contributed by atoms with Crippen molar-refractivity contribution in [2.24, 2.45) is 0 Å². The van der Waals surface area contributed by atoms with Crippen LogP contribution in [0.15, 0.2) is 0 Å². The van der Waals surface area contributed by atoms with Crippen molar-refractivity contribution in [3.8, 4) is 0 Å². The second-order valence-corrected chi connectivity index (χ2v) is 3.46. The van der Waals surface area contributed by atoms with E-state index in [1.165, 1.54) is 50.9 Å². The van der Waals surface area contributed by atoms with E-state index in [1.807, 2.05) is 0 Å². The summed E-state index contributed by atoms with van der Waals surface area (Å²) < 4.78 is 12.0. The van der Waals surface area contributed by atoms with Crippen LogP contribution in [0.25, 0.3) is 0 Å². The van der Waals surface area contributed by atoms with E-state index >= 15 is 0 Å². The molecule has 1 rings (SSSR count). The molecule has 1 heteroatoms. The Balaban J connectivity index is 2.15. The van der Waals surface area contributed by atoms with Crippen LogP contribution in [0.2, 0.25) is 0 Å². The highest BCUT2D eigenvalue weighted by molar-refractivity contribution is 4.89. The summed E-state index contributed by atoms with van der Waals surface area (Å²) in [6.45, 7) is -0.144. The van der Waals surface area contributed by atoms with Crippen molar-refractivity contribution in [2.45, 2.75) is 51.4 Å². The Labute approximate surface area is 69.2 Å². The van der Waals surface area contributed by atoms with Gasteiger partial charge in [-0.1, -0.05) is 32.1 Å².